The van der Waals surface area contributed by atoms with Crippen LogP contribution in [-0.2, 0) is 14.3 Å². The van der Waals surface area contributed by atoms with Crippen molar-refractivity contribution in [1.82, 2.24) is 20.8 Å². The molecule has 2 aliphatic rings. The van der Waals surface area contributed by atoms with E-state index in [4.69, 9.17) is 14.0 Å². The van der Waals surface area contributed by atoms with Crippen molar-refractivity contribution in [3.8, 4) is 0 Å². The van der Waals surface area contributed by atoms with Gasteiger partial charge in [-0.1, -0.05) is 5.16 Å². The number of hydrogen-bond donors (Lipinski definition) is 2. The molecule has 0 unspecified atom stereocenters. The number of carbonyl (C=O) groups is 3. The van der Waals surface area contributed by atoms with Gasteiger partial charge >= 0.3 is 18.0 Å². The number of hydrogen-bond acceptors (Lipinski definition) is 8. The van der Waals surface area contributed by atoms with Gasteiger partial charge in [0.25, 0.3) is 5.71 Å². The fourth-order valence-corrected chi connectivity index (χ4v) is 3.15. The molecule has 0 saturated heterocycles. The van der Waals surface area contributed by atoms with Crippen LogP contribution in [0.5, 0.6) is 0 Å². The number of rotatable bonds is 6. The monoisotopic (exact) mass is 400 g/mol. The number of nitrogens with zero attached hydrogens (tertiary/aromatic N) is 2. The molecule has 10 heteroatoms. The second-order valence-electron chi connectivity index (χ2n) is 6.88. The fraction of sp³-hybridized carbons (Fsp3) is 0.421. The molecule has 1 saturated carbocycles. The van der Waals surface area contributed by atoms with Crippen LogP contribution < -0.4 is 10.6 Å². The first kappa shape index (κ1) is 18.9. The lowest BCUT2D eigenvalue weighted by Crippen LogP contribution is -2.45. The maximum Gasteiger partial charge on any atom is 0.339 e. The minimum Gasteiger partial charge on any atom is -0.463 e. The minimum atomic E-state index is -0.617. The SMILES string of the molecule is CCOC(=O)C1=C(COC(=O)c2cc(C3CC3)nc3onc(C)c23)NC(=O)NC1. The van der Waals surface area contributed by atoms with E-state index in [0.717, 1.165) is 18.5 Å². The van der Waals surface area contributed by atoms with Gasteiger partial charge in [-0.25, -0.2) is 19.4 Å². The predicted molar refractivity (Wildman–Crippen MR) is 99.0 cm³/mol. The Morgan fingerprint density at radius 1 is 1.28 bits per heavy atom. The van der Waals surface area contributed by atoms with Gasteiger partial charge < -0.3 is 24.6 Å². The molecule has 2 aromatic rings. The first-order chi connectivity index (χ1) is 14.0. The smallest absolute Gasteiger partial charge is 0.339 e. The van der Waals surface area contributed by atoms with Crippen molar-refractivity contribution in [1.29, 1.82) is 0 Å². The zero-order valence-corrected chi connectivity index (χ0v) is 16.0. The molecule has 29 heavy (non-hydrogen) atoms. The van der Waals surface area contributed by atoms with Gasteiger partial charge in [-0.15, -0.1) is 0 Å². The summed E-state index contributed by atoms with van der Waals surface area (Å²) in [7, 11) is 0. The van der Waals surface area contributed by atoms with Gasteiger partial charge in [0.05, 0.1) is 41.1 Å². The van der Waals surface area contributed by atoms with Crippen LogP contribution in [0.4, 0.5) is 4.79 Å². The molecule has 10 nitrogen and oxygen atoms in total. The Kier molecular flexibility index (Phi) is 4.91. The van der Waals surface area contributed by atoms with Crippen LogP contribution in [0.15, 0.2) is 21.9 Å². The van der Waals surface area contributed by atoms with Crippen molar-refractivity contribution in [3.05, 3.63) is 34.3 Å². The average Bonchev–Trinajstić information content (AvgIpc) is 3.49. The van der Waals surface area contributed by atoms with E-state index in [9.17, 15) is 14.4 Å². The van der Waals surface area contributed by atoms with E-state index in [1.54, 1.807) is 19.9 Å². The molecule has 1 aliphatic carbocycles. The maximum atomic E-state index is 12.8. The number of nitrogens with one attached hydrogen (secondary N) is 2. The molecule has 0 aromatic carbocycles. The second-order valence-corrected chi connectivity index (χ2v) is 6.88. The van der Waals surface area contributed by atoms with Crippen molar-refractivity contribution in [3.63, 3.8) is 0 Å². The van der Waals surface area contributed by atoms with Gasteiger partial charge in [0.2, 0.25) is 0 Å². The van der Waals surface area contributed by atoms with Crippen molar-refractivity contribution in [2.75, 3.05) is 19.8 Å². The third-order valence-corrected chi connectivity index (χ3v) is 4.78. The van der Waals surface area contributed by atoms with E-state index in [1.807, 2.05) is 0 Å². The first-order valence-electron chi connectivity index (χ1n) is 9.36. The number of aryl methyl sites for hydroxylation is 1. The van der Waals surface area contributed by atoms with Gasteiger partial charge in [-0.3, -0.25) is 0 Å². The number of amides is 2. The summed E-state index contributed by atoms with van der Waals surface area (Å²) >= 11 is 0. The highest BCUT2D eigenvalue weighted by molar-refractivity contribution is 6.03. The Hall–Kier alpha value is -3.43. The molecule has 152 valence electrons. The van der Waals surface area contributed by atoms with Crippen molar-refractivity contribution in [2.45, 2.75) is 32.6 Å². The first-order valence-corrected chi connectivity index (χ1v) is 9.36. The summed E-state index contributed by atoms with van der Waals surface area (Å²) in [6.07, 6.45) is 2.02. The van der Waals surface area contributed by atoms with Crippen LogP contribution in [-0.4, -0.2) is 47.9 Å². The van der Waals surface area contributed by atoms with Crippen molar-refractivity contribution < 1.29 is 28.4 Å². The molecular weight excluding hydrogens is 380 g/mol. The molecule has 2 aromatic heterocycles. The zero-order chi connectivity index (χ0) is 20.5. The Labute approximate surface area is 165 Å². The number of carbonyl (C=O) groups excluding carboxylic acids is 3. The summed E-state index contributed by atoms with van der Waals surface area (Å²) in [5.74, 6) is -0.893. The van der Waals surface area contributed by atoms with Crippen LogP contribution in [0.1, 0.15) is 47.4 Å². The van der Waals surface area contributed by atoms with Gasteiger partial charge in [0.15, 0.2) is 0 Å². The highest BCUT2D eigenvalue weighted by atomic mass is 16.5. The Morgan fingerprint density at radius 2 is 2.07 bits per heavy atom. The molecule has 2 amide bonds. The molecule has 1 fully saturated rings. The maximum absolute atomic E-state index is 12.8. The molecule has 0 spiro atoms. The molecule has 0 atom stereocenters. The number of ether oxygens (including phenoxy) is 2. The number of fused-ring (bicyclic) bond motifs is 1. The zero-order valence-electron chi connectivity index (χ0n) is 16.0. The van der Waals surface area contributed by atoms with E-state index in [2.05, 4.69) is 20.8 Å². The van der Waals surface area contributed by atoms with E-state index < -0.39 is 18.0 Å². The van der Waals surface area contributed by atoms with Crippen LogP contribution in [0.3, 0.4) is 0 Å². The third-order valence-electron chi connectivity index (χ3n) is 4.78. The van der Waals surface area contributed by atoms with Crippen molar-refractivity contribution in [2.24, 2.45) is 0 Å². The Bertz CT molecular complexity index is 1040. The third kappa shape index (κ3) is 3.78. The van der Waals surface area contributed by atoms with E-state index in [-0.39, 0.29) is 31.0 Å². The number of pyridine rings is 1. The summed E-state index contributed by atoms with van der Waals surface area (Å²) in [4.78, 5) is 41.0. The van der Waals surface area contributed by atoms with Crippen molar-refractivity contribution >= 4 is 29.1 Å². The van der Waals surface area contributed by atoms with Crippen LogP contribution in [0, 0.1) is 6.92 Å². The van der Waals surface area contributed by atoms with E-state index >= 15 is 0 Å². The molecule has 2 N–H and O–H groups in total. The topological polar surface area (TPSA) is 133 Å². The molecular formula is C19H20N4O6. The van der Waals surface area contributed by atoms with Crippen LogP contribution in [0.2, 0.25) is 0 Å². The fourth-order valence-electron chi connectivity index (χ4n) is 3.15. The quantitative estimate of drug-likeness (QED) is 0.700. The lowest BCUT2D eigenvalue weighted by Gasteiger charge is -2.21. The van der Waals surface area contributed by atoms with Crippen LogP contribution >= 0.6 is 0 Å². The molecule has 3 heterocycles. The summed E-state index contributed by atoms with van der Waals surface area (Å²) in [6, 6.07) is 1.22. The van der Waals surface area contributed by atoms with Gasteiger partial charge in [-0.2, -0.15) is 0 Å². The highest BCUT2D eigenvalue weighted by Gasteiger charge is 2.30. The lowest BCUT2D eigenvalue weighted by molar-refractivity contribution is -0.138. The summed E-state index contributed by atoms with van der Waals surface area (Å²) < 4.78 is 15.6. The van der Waals surface area contributed by atoms with Gasteiger partial charge in [0.1, 0.15) is 6.61 Å². The minimum absolute atomic E-state index is 0.00631. The molecule has 4 rings (SSSR count). The summed E-state index contributed by atoms with van der Waals surface area (Å²) in [5.41, 5.74) is 2.29. The number of aromatic nitrogens is 2. The molecule has 0 radical (unpaired) electrons. The predicted octanol–water partition coefficient (Wildman–Crippen LogP) is 1.70. The number of esters is 2. The Morgan fingerprint density at radius 3 is 2.79 bits per heavy atom. The Balaban J connectivity index is 1.60. The largest absolute Gasteiger partial charge is 0.463 e. The van der Waals surface area contributed by atoms with E-state index in [0.29, 0.717) is 28.3 Å². The van der Waals surface area contributed by atoms with E-state index in [1.165, 1.54) is 0 Å². The highest BCUT2D eigenvalue weighted by Crippen LogP contribution is 2.40. The molecule has 1 aliphatic heterocycles. The molecule has 0 bridgehead atoms. The normalized spacial score (nSPS) is 16.4. The van der Waals surface area contributed by atoms with Gasteiger partial charge in [0, 0.05) is 11.6 Å². The number of urea groups is 1. The van der Waals surface area contributed by atoms with Gasteiger partial charge in [-0.05, 0) is 32.8 Å². The standard InChI is InChI=1S/C19H20N4O6/c1-3-27-18(25)12-7-20-19(26)22-14(12)8-28-17(24)11-6-13(10-4-5-10)21-16-15(11)9(2)23-29-16/h6,10H,3-5,7-8H2,1-2H3,(H2,20,22,26). The summed E-state index contributed by atoms with van der Waals surface area (Å²) in [5, 5.41) is 9.39. The summed E-state index contributed by atoms with van der Waals surface area (Å²) in [6.45, 7) is 3.30. The second kappa shape index (κ2) is 7.53. The lowest BCUT2D eigenvalue weighted by atomic mass is 10.1. The average molecular weight is 400 g/mol. The van der Waals surface area contributed by atoms with Crippen LogP contribution in [0.25, 0.3) is 11.1 Å².